The zero-order valence-corrected chi connectivity index (χ0v) is 10.8. The summed E-state index contributed by atoms with van der Waals surface area (Å²) in [7, 11) is 0. The molecule has 0 spiro atoms. The first-order valence-electron chi connectivity index (χ1n) is 5.69. The molecule has 0 saturated carbocycles. The lowest BCUT2D eigenvalue weighted by molar-refractivity contribution is -0.287. The van der Waals surface area contributed by atoms with Crippen molar-refractivity contribution in [2.75, 3.05) is 0 Å². The Labute approximate surface area is 101 Å². The molecule has 0 fully saturated rings. The van der Waals surface area contributed by atoms with E-state index in [0.717, 1.165) is 5.56 Å². The normalized spacial score (nSPS) is 16.2. The molecule has 4 heteroatoms. The van der Waals surface area contributed by atoms with Gasteiger partial charge in [0, 0.05) is 5.56 Å². The molecule has 0 aliphatic carbocycles. The van der Waals surface area contributed by atoms with Gasteiger partial charge in [0.25, 0.3) is 0 Å². The lowest BCUT2D eigenvalue weighted by Crippen LogP contribution is -2.26. The molecular formula is C13H18F2O2. The summed E-state index contributed by atoms with van der Waals surface area (Å²) in [5.41, 5.74) is 0.465. The van der Waals surface area contributed by atoms with Crippen molar-refractivity contribution in [2.45, 2.75) is 46.3 Å². The number of ether oxygens (including phenoxy) is 2. The van der Waals surface area contributed by atoms with E-state index in [1.807, 2.05) is 34.6 Å². The maximum Gasteiger partial charge on any atom is 0.586 e. The largest absolute Gasteiger partial charge is 0.586 e. The average molecular weight is 244 g/mol. The van der Waals surface area contributed by atoms with Gasteiger partial charge < -0.3 is 9.47 Å². The van der Waals surface area contributed by atoms with E-state index in [2.05, 4.69) is 9.47 Å². The van der Waals surface area contributed by atoms with Gasteiger partial charge in [0.2, 0.25) is 0 Å². The molecule has 1 aliphatic heterocycles. The van der Waals surface area contributed by atoms with Crippen molar-refractivity contribution < 1.29 is 18.3 Å². The minimum atomic E-state index is -3.54. The molecule has 1 aromatic carbocycles. The van der Waals surface area contributed by atoms with Gasteiger partial charge >= 0.3 is 6.29 Å². The molecule has 1 aliphatic rings. The van der Waals surface area contributed by atoms with E-state index in [4.69, 9.17) is 0 Å². The number of alkyl halides is 2. The van der Waals surface area contributed by atoms with Crippen LogP contribution >= 0.6 is 0 Å². The molecule has 1 heterocycles. The molecule has 0 amide bonds. The van der Waals surface area contributed by atoms with E-state index in [1.165, 1.54) is 6.07 Å². The third kappa shape index (κ3) is 2.87. The van der Waals surface area contributed by atoms with Crippen molar-refractivity contribution in [3.05, 3.63) is 23.8 Å². The molecule has 0 N–H and O–H groups in total. The Morgan fingerprint density at radius 1 is 1.06 bits per heavy atom. The maximum absolute atomic E-state index is 12.9. The van der Waals surface area contributed by atoms with E-state index < -0.39 is 6.29 Å². The van der Waals surface area contributed by atoms with Gasteiger partial charge in [-0.3, -0.25) is 0 Å². The Balaban J connectivity index is 0.000000686. The monoisotopic (exact) mass is 244 g/mol. The van der Waals surface area contributed by atoms with Crippen LogP contribution in [0.25, 0.3) is 0 Å². The summed E-state index contributed by atoms with van der Waals surface area (Å²) in [6, 6.07) is 4.93. The predicted molar refractivity (Wildman–Crippen MR) is 62.7 cm³/mol. The Hall–Kier alpha value is -1.32. The van der Waals surface area contributed by atoms with Crippen LogP contribution in [0.4, 0.5) is 8.78 Å². The highest BCUT2D eigenvalue weighted by Gasteiger charge is 2.45. The molecule has 0 bridgehead atoms. The second-order valence-corrected chi connectivity index (χ2v) is 4.55. The lowest BCUT2D eigenvalue weighted by Gasteiger charge is -2.20. The van der Waals surface area contributed by atoms with E-state index in [1.54, 1.807) is 12.1 Å². The molecule has 96 valence electrons. The highest BCUT2D eigenvalue weighted by Crippen LogP contribution is 2.46. The SMILES string of the molecule is CC.CC(C)(C)c1cccc2c1OC(F)(F)O2. The second-order valence-electron chi connectivity index (χ2n) is 4.55. The Morgan fingerprint density at radius 3 is 2.18 bits per heavy atom. The van der Waals surface area contributed by atoms with Crippen molar-refractivity contribution in [3.8, 4) is 11.5 Å². The Morgan fingerprint density at radius 2 is 1.65 bits per heavy atom. The van der Waals surface area contributed by atoms with Gasteiger partial charge in [-0.25, -0.2) is 0 Å². The summed E-state index contributed by atoms with van der Waals surface area (Å²) in [5, 5.41) is 0. The quantitative estimate of drug-likeness (QED) is 0.676. The van der Waals surface area contributed by atoms with Gasteiger partial charge in [-0.05, 0) is 11.5 Å². The summed E-state index contributed by atoms with van der Waals surface area (Å²) in [5.74, 6) is 0.252. The van der Waals surface area contributed by atoms with Gasteiger partial charge in [0.1, 0.15) is 0 Å². The number of benzene rings is 1. The van der Waals surface area contributed by atoms with Crippen LogP contribution in [-0.4, -0.2) is 6.29 Å². The van der Waals surface area contributed by atoms with Gasteiger partial charge in [0.15, 0.2) is 11.5 Å². The average Bonchev–Trinajstić information content (AvgIpc) is 2.52. The number of fused-ring (bicyclic) bond motifs is 1. The van der Waals surface area contributed by atoms with Gasteiger partial charge in [-0.1, -0.05) is 46.8 Å². The van der Waals surface area contributed by atoms with Crippen molar-refractivity contribution in [1.29, 1.82) is 0 Å². The number of halogens is 2. The molecule has 1 aromatic rings. The Bertz CT molecular complexity index is 395. The molecule has 0 atom stereocenters. The second kappa shape index (κ2) is 4.51. The van der Waals surface area contributed by atoms with Crippen molar-refractivity contribution in [3.63, 3.8) is 0 Å². The van der Waals surface area contributed by atoms with Gasteiger partial charge in [-0.2, -0.15) is 0 Å². The van der Waals surface area contributed by atoms with Crippen molar-refractivity contribution in [1.82, 2.24) is 0 Å². The highest BCUT2D eigenvalue weighted by atomic mass is 19.3. The highest BCUT2D eigenvalue weighted by molar-refractivity contribution is 5.51. The summed E-state index contributed by atoms with van der Waals surface area (Å²) >= 11 is 0. The minimum absolute atomic E-state index is 0.104. The molecule has 2 rings (SSSR count). The van der Waals surface area contributed by atoms with Crippen LogP contribution in [0.1, 0.15) is 40.2 Å². The maximum atomic E-state index is 12.9. The summed E-state index contributed by atoms with van der Waals surface area (Å²) in [6.07, 6.45) is -3.54. The van der Waals surface area contributed by atoms with Gasteiger partial charge in [0.05, 0.1) is 0 Å². The first-order valence-corrected chi connectivity index (χ1v) is 5.69. The van der Waals surface area contributed by atoms with Crippen LogP contribution in [0.2, 0.25) is 0 Å². The van der Waals surface area contributed by atoms with Crippen molar-refractivity contribution in [2.24, 2.45) is 0 Å². The number of para-hydroxylation sites is 1. The molecule has 17 heavy (non-hydrogen) atoms. The van der Waals surface area contributed by atoms with E-state index in [-0.39, 0.29) is 16.9 Å². The fraction of sp³-hybridized carbons (Fsp3) is 0.538. The van der Waals surface area contributed by atoms with Crippen LogP contribution in [0.3, 0.4) is 0 Å². The van der Waals surface area contributed by atoms with Crippen LogP contribution in [0, 0.1) is 0 Å². The van der Waals surface area contributed by atoms with Crippen LogP contribution in [0.15, 0.2) is 18.2 Å². The smallest absolute Gasteiger partial charge is 0.395 e. The fourth-order valence-electron chi connectivity index (χ4n) is 1.56. The van der Waals surface area contributed by atoms with Crippen molar-refractivity contribution >= 4 is 0 Å². The minimum Gasteiger partial charge on any atom is -0.395 e. The van der Waals surface area contributed by atoms with E-state index in [0.29, 0.717) is 0 Å². The summed E-state index contributed by atoms with van der Waals surface area (Å²) in [4.78, 5) is 0. The number of rotatable bonds is 0. The number of hydrogen-bond donors (Lipinski definition) is 0. The molecule has 0 unspecified atom stereocenters. The first kappa shape index (κ1) is 13.7. The summed E-state index contributed by atoms with van der Waals surface area (Å²) in [6.45, 7) is 9.80. The van der Waals surface area contributed by atoms with Gasteiger partial charge in [-0.15, -0.1) is 8.78 Å². The standard InChI is InChI=1S/C11H12F2O2.C2H6/c1-10(2,3)7-5-4-6-8-9(7)15-11(12,13)14-8;1-2/h4-6H,1-3H3;1-2H3. The third-order valence-electron chi connectivity index (χ3n) is 2.24. The predicted octanol–water partition coefficient (Wildman–Crippen LogP) is 4.33. The molecular weight excluding hydrogens is 226 g/mol. The fourth-order valence-corrected chi connectivity index (χ4v) is 1.56. The molecule has 2 nitrogen and oxygen atoms in total. The first-order chi connectivity index (χ1) is 7.80. The molecule has 0 radical (unpaired) electrons. The Kier molecular flexibility index (Phi) is 3.65. The number of hydrogen-bond acceptors (Lipinski definition) is 2. The summed E-state index contributed by atoms with van der Waals surface area (Å²) < 4.78 is 34.6. The van der Waals surface area contributed by atoms with E-state index >= 15 is 0 Å². The zero-order valence-electron chi connectivity index (χ0n) is 10.8. The molecule has 0 aromatic heterocycles. The van der Waals surface area contributed by atoms with Crippen LogP contribution < -0.4 is 9.47 Å². The van der Waals surface area contributed by atoms with Crippen LogP contribution in [-0.2, 0) is 5.41 Å². The third-order valence-corrected chi connectivity index (χ3v) is 2.24. The van der Waals surface area contributed by atoms with Crippen LogP contribution in [0.5, 0.6) is 11.5 Å². The zero-order chi connectivity index (χ0) is 13.3. The van der Waals surface area contributed by atoms with E-state index in [9.17, 15) is 8.78 Å². The lowest BCUT2D eigenvalue weighted by atomic mass is 9.86. The topological polar surface area (TPSA) is 18.5 Å². The molecule has 0 saturated heterocycles.